The molecule has 2 unspecified atom stereocenters. The smallest absolute Gasteiger partial charge is 0.411 e. The Balaban J connectivity index is 1.90. The molecule has 0 aromatic rings. The zero-order valence-electron chi connectivity index (χ0n) is 12.2. The quantitative estimate of drug-likeness (QED) is 0.579. The zero-order valence-corrected chi connectivity index (χ0v) is 12.2. The van der Waals surface area contributed by atoms with Crippen LogP contribution in [0.5, 0.6) is 0 Å². The minimum Gasteiger partial charge on any atom is -0.468 e. The Morgan fingerprint density at radius 1 is 1.33 bits per heavy atom. The van der Waals surface area contributed by atoms with Crippen molar-refractivity contribution in [2.24, 2.45) is 5.92 Å². The molecule has 2 rings (SSSR count). The first kappa shape index (κ1) is 16.5. The number of hydrogen-bond donors (Lipinski definition) is 1. The number of ether oxygens (including phenoxy) is 2. The Morgan fingerprint density at radius 3 is 2.62 bits per heavy atom. The minimum atomic E-state index is -4.30. The topological polar surface area (TPSA) is 47.6 Å². The fourth-order valence-corrected chi connectivity index (χ4v) is 3.17. The molecule has 122 valence electrons. The fraction of sp³-hybridized carbons (Fsp3) is 0.929. The average molecular weight is 309 g/mol. The number of methoxy groups -OCH3 is 1. The third-order valence-corrected chi connectivity index (χ3v) is 4.29. The molecule has 0 radical (unpaired) electrons. The van der Waals surface area contributed by atoms with Crippen LogP contribution >= 0.6 is 0 Å². The summed E-state index contributed by atoms with van der Waals surface area (Å²) in [5.74, 6) is -0.327. The lowest BCUT2D eigenvalue weighted by Gasteiger charge is -2.34. The minimum absolute atomic E-state index is 0.00919. The maximum atomic E-state index is 12.2. The van der Waals surface area contributed by atoms with E-state index in [4.69, 9.17) is 4.74 Å². The van der Waals surface area contributed by atoms with Gasteiger partial charge in [-0.1, -0.05) is 6.42 Å². The Kier molecular flexibility index (Phi) is 5.14. The highest BCUT2D eigenvalue weighted by Crippen LogP contribution is 2.41. The van der Waals surface area contributed by atoms with E-state index in [1.165, 1.54) is 7.11 Å². The molecule has 4 nitrogen and oxygen atoms in total. The molecule has 1 N–H and O–H groups in total. The van der Waals surface area contributed by atoms with E-state index in [0.29, 0.717) is 18.9 Å². The van der Waals surface area contributed by atoms with Gasteiger partial charge in [0.05, 0.1) is 7.11 Å². The van der Waals surface area contributed by atoms with Gasteiger partial charge >= 0.3 is 12.1 Å². The van der Waals surface area contributed by atoms with E-state index >= 15 is 0 Å². The SMILES string of the molecule is COC(=O)C1(NC2CC2)CCCC1CCOCC(F)(F)F. The van der Waals surface area contributed by atoms with Gasteiger partial charge < -0.3 is 9.47 Å². The van der Waals surface area contributed by atoms with Gasteiger partial charge in [0.15, 0.2) is 0 Å². The lowest BCUT2D eigenvalue weighted by molar-refractivity contribution is -0.175. The molecule has 2 aliphatic rings. The van der Waals surface area contributed by atoms with Crippen molar-refractivity contribution in [1.29, 1.82) is 0 Å². The van der Waals surface area contributed by atoms with Crippen LogP contribution in [0.15, 0.2) is 0 Å². The van der Waals surface area contributed by atoms with Crippen molar-refractivity contribution >= 4 is 5.97 Å². The number of esters is 1. The summed E-state index contributed by atoms with van der Waals surface area (Å²) in [6.07, 6.45) is 0.571. The molecule has 0 aromatic heterocycles. The van der Waals surface area contributed by atoms with E-state index in [-0.39, 0.29) is 18.5 Å². The summed E-state index contributed by atoms with van der Waals surface area (Å²) in [4.78, 5) is 12.2. The molecule has 0 aliphatic heterocycles. The van der Waals surface area contributed by atoms with Crippen molar-refractivity contribution in [3.63, 3.8) is 0 Å². The molecular weight excluding hydrogens is 287 g/mol. The van der Waals surface area contributed by atoms with Crippen molar-refractivity contribution < 1.29 is 27.4 Å². The Bertz CT molecular complexity index is 371. The van der Waals surface area contributed by atoms with E-state index in [9.17, 15) is 18.0 Å². The van der Waals surface area contributed by atoms with Crippen molar-refractivity contribution in [3.05, 3.63) is 0 Å². The molecular formula is C14H22F3NO3. The number of carbonyl (C=O) groups is 1. The van der Waals surface area contributed by atoms with Gasteiger partial charge in [0.2, 0.25) is 0 Å². The van der Waals surface area contributed by atoms with Crippen molar-refractivity contribution in [1.82, 2.24) is 5.32 Å². The average Bonchev–Trinajstić information content (AvgIpc) is 3.12. The number of carbonyl (C=O) groups excluding carboxylic acids is 1. The summed E-state index contributed by atoms with van der Waals surface area (Å²) in [7, 11) is 1.36. The van der Waals surface area contributed by atoms with Crippen LogP contribution < -0.4 is 5.32 Å². The second-order valence-corrected chi connectivity index (χ2v) is 5.93. The lowest BCUT2D eigenvalue weighted by atomic mass is 9.84. The predicted octanol–water partition coefficient (Wildman–Crippen LogP) is 2.42. The van der Waals surface area contributed by atoms with E-state index in [2.05, 4.69) is 10.1 Å². The lowest BCUT2D eigenvalue weighted by Crippen LogP contribution is -2.56. The second kappa shape index (κ2) is 6.52. The highest BCUT2D eigenvalue weighted by Gasteiger charge is 2.51. The molecule has 21 heavy (non-hydrogen) atoms. The number of hydrogen-bond acceptors (Lipinski definition) is 4. The van der Waals surface area contributed by atoms with E-state index in [0.717, 1.165) is 25.7 Å². The van der Waals surface area contributed by atoms with Crippen LogP contribution in [0, 0.1) is 5.92 Å². The van der Waals surface area contributed by atoms with Gasteiger partial charge in [-0.25, -0.2) is 0 Å². The first-order chi connectivity index (χ1) is 9.87. The zero-order chi connectivity index (χ0) is 15.5. The van der Waals surface area contributed by atoms with Gasteiger partial charge in [-0.15, -0.1) is 0 Å². The third-order valence-electron chi connectivity index (χ3n) is 4.29. The van der Waals surface area contributed by atoms with Crippen LogP contribution in [0.25, 0.3) is 0 Å². The molecule has 0 spiro atoms. The molecule has 2 atom stereocenters. The summed E-state index contributed by atoms with van der Waals surface area (Å²) >= 11 is 0. The van der Waals surface area contributed by atoms with Gasteiger partial charge in [0.1, 0.15) is 12.1 Å². The Hall–Kier alpha value is -0.820. The molecule has 0 amide bonds. The van der Waals surface area contributed by atoms with E-state index in [1.54, 1.807) is 0 Å². The Morgan fingerprint density at radius 2 is 2.05 bits per heavy atom. The van der Waals surface area contributed by atoms with Gasteiger partial charge in [0.25, 0.3) is 0 Å². The maximum absolute atomic E-state index is 12.2. The molecule has 2 aliphatic carbocycles. The highest BCUT2D eigenvalue weighted by molar-refractivity contribution is 5.81. The standard InChI is InChI=1S/C14H22F3NO3/c1-20-12(19)13(18-11-4-5-11)7-2-3-10(13)6-8-21-9-14(15,16)17/h10-11,18H,2-9H2,1H3. The fourth-order valence-electron chi connectivity index (χ4n) is 3.17. The molecule has 0 saturated heterocycles. The van der Waals surface area contributed by atoms with Crippen molar-refractivity contribution in [2.45, 2.75) is 56.3 Å². The maximum Gasteiger partial charge on any atom is 0.411 e. The van der Waals surface area contributed by atoms with Crippen LogP contribution in [-0.2, 0) is 14.3 Å². The van der Waals surface area contributed by atoms with Crippen LogP contribution in [0.1, 0.15) is 38.5 Å². The summed E-state index contributed by atoms with van der Waals surface area (Å²) in [5, 5.41) is 3.37. The first-order valence-corrected chi connectivity index (χ1v) is 7.38. The number of rotatable bonds is 7. The van der Waals surface area contributed by atoms with Crippen molar-refractivity contribution in [3.8, 4) is 0 Å². The van der Waals surface area contributed by atoms with Gasteiger partial charge in [-0.3, -0.25) is 10.1 Å². The normalized spacial score (nSPS) is 29.6. The number of alkyl halides is 3. The summed E-state index contributed by atoms with van der Waals surface area (Å²) < 4.78 is 45.8. The van der Waals surface area contributed by atoms with E-state index in [1.807, 2.05) is 0 Å². The molecule has 0 bridgehead atoms. The monoisotopic (exact) mass is 309 g/mol. The van der Waals surface area contributed by atoms with Gasteiger partial charge in [0, 0.05) is 12.6 Å². The summed E-state index contributed by atoms with van der Waals surface area (Å²) in [5.41, 5.74) is -0.739. The molecule has 0 aromatic carbocycles. The molecule has 0 heterocycles. The summed E-state index contributed by atoms with van der Waals surface area (Å²) in [6.45, 7) is -1.23. The number of nitrogens with one attached hydrogen (secondary N) is 1. The molecule has 7 heteroatoms. The van der Waals surface area contributed by atoms with Crippen LogP contribution in [0.4, 0.5) is 13.2 Å². The van der Waals surface area contributed by atoms with E-state index < -0.39 is 18.3 Å². The van der Waals surface area contributed by atoms with Gasteiger partial charge in [-0.05, 0) is 38.0 Å². The third kappa shape index (κ3) is 4.32. The van der Waals surface area contributed by atoms with Crippen LogP contribution in [0.3, 0.4) is 0 Å². The van der Waals surface area contributed by atoms with Gasteiger partial charge in [-0.2, -0.15) is 13.2 Å². The predicted molar refractivity (Wildman–Crippen MR) is 69.7 cm³/mol. The summed E-state index contributed by atoms with van der Waals surface area (Å²) in [6, 6.07) is 0.334. The molecule has 2 saturated carbocycles. The van der Waals surface area contributed by atoms with Crippen LogP contribution in [-0.4, -0.2) is 44.0 Å². The highest BCUT2D eigenvalue weighted by atomic mass is 19.4. The second-order valence-electron chi connectivity index (χ2n) is 5.93. The Labute approximate surface area is 122 Å². The largest absolute Gasteiger partial charge is 0.468 e. The number of halogens is 3. The molecule has 2 fully saturated rings. The first-order valence-electron chi connectivity index (χ1n) is 7.38. The van der Waals surface area contributed by atoms with Crippen LogP contribution in [0.2, 0.25) is 0 Å². The van der Waals surface area contributed by atoms with Crippen molar-refractivity contribution in [2.75, 3.05) is 20.3 Å².